The van der Waals surface area contributed by atoms with E-state index < -0.39 is 42.4 Å². The SMILES string of the molecule is C=S1(=O)NC(=O)c2ccc3c(c2)N(C[C@@H]2CC[C@H]2[C@@](O)(C#CC)/C=C/C[C@H](C)[C@H]1C)C[C@@]1(CCCc2cc(Cl)ccc21)CO3.C=S1(=O)NC(=O)c2ccc3c(c2)N(C[C@@H]2CC[C@H]2[C@](O)(C#CC)/C=C/C[C@H](C)[C@H]1C)C[C@@]1(CCCc2cc(Cl)ccc21)CO3. The van der Waals surface area contributed by atoms with Gasteiger partial charge in [0.25, 0.3) is 11.8 Å². The summed E-state index contributed by atoms with van der Waals surface area (Å²) in [6, 6.07) is 23.4. The molecule has 88 heavy (non-hydrogen) atoms. The molecule has 0 radical (unpaired) electrons. The number of nitrogens with one attached hydrogen (secondary N) is 2. The fourth-order valence-electron chi connectivity index (χ4n) is 15.4. The number of aliphatic hydroxyl groups is 2. The van der Waals surface area contributed by atoms with Gasteiger partial charge in [0.1, 0.15) is 22.7 Å². The summed E-state index contributed by atoms with van der Waals surface area (Å²) in [4.78, 5) is 31.8. The Balaban J connectivity index is 0.000000182. The van der Waals surface area contributed by atoms with Gasteiger partial charge in [-0.3, -0.25) is 19.0 Å². The Bertz CT molecular complexity index is 3560. The van der Waals surface area contributed by atoms with Gasteiger partial charge in [0.05, 0.1) is 44.0 Å². The van der Waals surface area contributed by atoms with Crippen LogP contribution in [0.25, 0.3) is 0 Å². The molecule has 468 valence electrons. The molecule has 0 saturated heterocycles. The lowest BCUT2D eigenvalue weighted by atomic mass is 9.64. The molecular weight excluding hydrogens is 1180 g/mol. The zero-order chi connectivity index (χ0) is 62.6. The molecule has 2 fully saturated rings. The van der Waals surface area contributed by atoms with Crippen LogP contribution in [0.1, 0.15) is 149 Å². The summed E-state index contributed by atoms with van der Waals surface area (Å²) in [5.41, 5.74) is 4.57. The minimum atomic E-state index is -2.96. The third kappa shape index (κ3) is 12.5. The van der Waals surface area contributed by atoms with Crippen molar-refractivity contribution in [1.29, 1.82) is 0 Å². The molecule has 4 aromatic carbocycles. The van der Waals surface area contributed by atoms with E-state index in [2.05, 4.69) is 78.9 Å². The van der Waals surface area contributed by atoms with Gasteiger partial charge in [-0.2, -0.15) is 0 Å². The van der Waals surface area contributed by atoms with E-state index in [0.29, 0.717) is 63.4 Å². The monoisotopic (exact) mass is 1270 g/mol. The van der Waals surface area contributed by atoms with Crippen LogP contribution in [0.2, 0.25) is 10.0 Å². The molecule has 0 aromatic heterocycles. The predicted octanol–water partition coefficient (Wildman–Crippen LogP) is 11.9. The molecule has 12 nitrogen and oxygen atoms in total. The molecule has 2 spiro atoms. The standard InChI is InChI=1S/2C36H43ClN2O4S/c2*1-5-16-36(41)18-6-8-24(2)25(3)44(4,42)38-34(40)27-11-15-33-32(20-27)39(21-28-10-13-31(28)36)22-35(23-43-33)17-7-9-26-19-29(37)12-14-30(26)35/h2*6,11-12,14-15,18-20,24-25,28,31,41H,4,7-10,13,17,21-23H2,1-3H3,(H,38,40,42)/b2*18-6+/t24-,25+,28-,31+,35-,36+,44?;24-,25+,28-,31+,35-,36-,44?/m00/s1. The number of carbonyl (C=O) groups is 2. The number of hydrogen-bond acceptors (Lipinski definition) is 10. The summed E-state index contributed by atoms with van der Waals surface area (Å²) >= 11 is 12.8. The maximum absolute atomic E-state index is 13.7. The second kappa shape index (κ2) is 25.1. The molecule has 2 amide bonds. The van der Waals surface area contributed by atoms with Gasteiger partial charge in [-0.25, -0.2) is 8.42 Å². The van der Waals surface area contributed by atoms with Gasteiger partial charge in [-0.05, 0) is 235 Å². The first-order valence-corrected chi connectivity index (χ1v) is 35.9. The highest BCUT2D eigenvalue weighted by atomic mass is 35.5. The summed E-state index contributed by atoms with van der Waals surface area (Å²) in [5.74, 6) is 21.0. The van der Waals surface area contributed by atoms with E-state index in [1.54, 1.807) is 26.0 Å². The second-order valence-electron chi connectivity index (χ2n) is 26.8. The molecule has 2 saturated carbocycles. The zero-order valence-corrected chi connectivity index (χ0v) is 55.0. The molecule has 14 atom stereocenters. The van der Waals surface area contributed by atoms with Crippen molar-refractivity contribution in [2.24, 2.45) is 35.5 Å². The molecule has 4 aliphatic carbocycles. The molecule has 8 aliphatic rings. The topological polar surface area (TPSA) is 158 Å². The maximum atomic E-state index is 13.7. The number of benzene rings is 4. The number of carbonyl (C=O) groups excluding carboxylic acids is 2. The Morgan fingerprint density at radius 2 is 1.01 bits per heavy atom. The Hall–Kier alpha value is -5.84. The number of nitrogens with zero attached hydrogens (tertiary/aromatic N) is 2. The van der Waals surface area contributed by atoms with Gasteiger partial charge in [0.2, 0.25) is 0 Å². The predicted molar refractivity (Wildman–Crippen MR) is 360 cm³/mol. The third-order valence-electron chi connectivity index (χ3n) is 21.2. The fraction of sp³-hybridized carbons (Fsp3) is 0.500. The minimum absolute atomic E-state index is 0.0311. The highest BCUT2D eigenvalue weighted by Crippen LogP contribution is 2.51. The quantitative estimate of drug-likeness (QED) is 0.0759. The smallest absolute Gasteiger partial charge is 0.262 e. The highest BCUT2D eigenvalue weighted by molar-refractivity contribution is 7.99. The van der Waals surface area contributed by atoms with E-state index in [1.807, 2.05) is 88.4 Å². The lowest BCUT2D eigenvalue weighted by Crippen LogP contribution is -2.52. The number of fused-ring (bicyclic) bond motifs is 8. The molecule has 4 aliphatic heterocycles. The number of aryl methyl sites for hydroxylation is 2. The average Bonchev–Trinajstić information content (AvgIpc) is 1.52. The van der Waals surface area contributed by atoms with Crippen LogP contribution in [0.15, 0.2) is 97.1 Å². The van der Waals surface area contributed by atoms with Crippen LogP contribution >= 0.6 is 23.2 Å². The Kier molecular flexibility index (Phi) is 18.2. The van der Waals surface area contributed by atoms with E-state index in [0.717, 1.165) is 97.1 Å². The lowest BCUT2D eigenvalue weighted by molar-refractivity contribution is -0.00346. The lowest BCUT2D eigenvalue weighted by Gasteiger charge is -2.47. The van der Waals surface area contributed by atoms with Gasteiger partial charge >= 0.3 is 0 Å². The van der Waals surface area contributed by atoms with E-state index in [4.69, 9.17) is 32.7 Å². The Morgan fingerprint density at radius 3 is 1.39 bits per heavy atom. The summed E-state index contributed by atoms with van der Waals surface area (Å²) in [7, 11) is -5.93. The normalized spacial score (nSPS) is 35.8. The summed E-state index contributed by atoms with van der Waals surface area (Å²) in [6.45, 7) is 15.1. The van der Waals surface area contributed by atoms with Crippen molar-refractivity contribution in [3.8, 4) is 35.2 Å². The van der Waals surface area contributed by atoms with Crippen LogP contribution in [-0.4, -0.2) is 103 Å². The van der Waals surface area contributed by atoms with Crippen LogP contribution in [0.5, 0.6) is 11.5 Å². The number of amides is 2. The van der Waals surface area contributed by atoms with Crippen LogP contribution in [0, 0.1) is 59.2 Å². The summed E-state index contributed by atoms with van der Waals surface area (Å²) < 4.78 is 46.2. The Morgan fingerprint density at radius 1 is 0.602 bits per heavy atom. The van der Waals surface area contributed by atoms with E-state index >= 15 is 0 Å². The highest BCUT2D eigenvalue weighted by Gasteiger charge is 2.50. The first-order valence-electron chi connectivity index (χ1n) is 31.5. The van der Waals surface area contributed by atoms with Crippen LogP contribution in [-0.2, 0) is 43.1 Å². The first-order chi connectivity index (χ1) is 41.9. The number of halogens is 2. The molecule has 4 bridgehead atoms. The van der Waals surface area contributed by atoms with Crippen molar-refractivity contribution in [2.75, 3.05) is 49.2 Å². The number of ether oxygens (including phenoxy) is 2. The third-order valence-corrected chi connectivity index (χ3v) is 26.1. The molecule has 4 aromatic rings. The van der Waals surface area contributed by atoms with Gasteiger partial charge in [-0.1, -0.05) is 73.2 Å². The van der Waals surface area contributed by atoms with Crippen LogP contribution in [0.4, 0.5) is 11.4 Å². The van der Waals surface area contributed by atoms with Gasteiger partial charge < -0.3 is 29.5 Å². The molecule has 4 N–H and O–H groups in total. The fourth-order valence-corrected chi connectivity index (χ4v) is 18.8. The van der Waals surface area contributed by atoms with Crippen molar-refractivity contribution >= 4 is 77.5 Å². The second-order valence-corrected chi connectivity index (χ2v) is 32.5. The molecular formula is C72H86Cl2N4O8S2. The number of hydrogen-bond donors (Lipinski definition) is 4. The van der Waals surface area contributed by atoms with Crippen molar-refractivity contribution in [3.05, 3.63) is 141 Å². The number of rotatable bonds is 0. The van der Waals surface area contributed by atoms with Crippen molar-refractivity contribution < 1.29 is 37.7 Å². The van der Waals surface area contributed by atoms with Gasteiger partial charge in [0.15, 0.2) is 0 Å². The van der Waals surface area contributed by atoms with Crippen LogP contribution in [0.3, 0.4) is 0 Å². The number of allylic oxidation sites excluding steroid dienone is 2. The average molecular weight is 1270 g/mol. The summed E-state index contributed by atoms with van der Waals surface area (Å²) in [6.07, 6.45) is 18.5. The van der Waals surface area contributed by atoms with Crippen LogP contribution < -0.4 is 28.7 Å². The summed E-state index contributed by atoms with van der Waals surface area (Å²) in [5, 5.41) is 24.6. The largest absolute Gasteiger partial charge is 0.490 e. The Labute approximate surface area is 532 Å². The van der Waals surface area contributed by atoms with Crippen molar-refractivity contribution in [2.45, 2.75) is 151 Å². The minimum Gasteiger partial charge on any atom is -0.490 e. The van der Waals surface area contributed by atoms with E-state index in [1.165, 1.54) is 22.3 Å². The van der Waals surface area contributed by atoms with Crippen molar-refractivity contribution in [3.63, 3.8) is 0 Å². The van der Waals surface area contributed by atoms with E-state index in [-0.39, 0.29) is 56.8 Å². The molecule has 12 rings (SSSR count). The zero-order valence-electron chi connectivity index (χ0n) is 51.8. The van der Waals surface area contributed by atoms with E-state index in [9.17, 15) is 28.2 Å². The van der Waals surface area contributed by atoms with Gasteiger partial charge in [0, 0.05) is 80.5 Å². The number of anilines is 2. The van der Waals surface area contributed by atoms with Crippen molar-refractivity contribution in [1.82, 2.24) is 9.44 Å². The maximum Gasteiger partial charge on any atom is 0.262 e. The molecule has 16 heteroatoms. The first kappa shape index (κ1) is 63.7. The molecule has 2 unspecified atom stereocenters. The van der Waals surface area contributed by atoms with Gasteiger partial charge in [-0.15, -0.1) is 11.8 Å². The molecule has 4 heterocycles.